The highest BCUT2D eigenvalue weighted by Crippen LogP contribution is 2.24. The van der Waals surface area contributed by atoms with E-state index < -0.39 is 0 Å². The van der Waals surface area contributed by atoms with Crippen LogP contribution in [0.5, 0.6) is 0 Å². The van der Waals surface area contributed by atoms with Crippen molar-refractivity contribution in [2.75, 3.05) is 37.4 Å². The van der Waals surface area contributed by atoms with Crippen molar-refractivity contribution >= 4 is 28.4 Å². The van der Waals surface area contributed by atoms with Gasteiger partial charge in [0, 0.05) is 48.9 Å². The highest BCUT2D eigenvalue weighted by molar-refractivity contribution is 6.04. The van der Waals surface area contributed by atoms with Gasteiger partial charge in [0.05, 0.1) is 11.7 Å². The van der Waals surface area contributed by atoms with E-state index in [4.69, 9.17) is 0 Å². The molecule has 1 amide bonds. The maximum Gasteiger partial charge on any atom is 0.257 e. The number of piperidine rings is 1. The standard InChI is InChI=1S/C24H27N9O/c1-31(2)19-7-10-33(11-8-19)23-14-17(6-9-25-23)24(34)26-22-13-18-12-16(4-5-20(18)27-29-22)21-15-32(3)30-28-21/h4-6,9,12-15,19H,7-8,10-11H2,1-3H3,(H,26,29,34). The Kier molecular flexibility index (Phi) is 5.89. The lowest BCUT2D eigenvalue weighted by Gasteiger charge is -2.35. The van der Waals surface area contributed by atoms with Crippen LogP contribution in [0.2, 0.25) is 0 Å². The monoisotopic (exact) mass is 457 g/mol. The minimum absolute atomic E-state index is 0.245. The number of hydrogen-bond donors (Lipinski definition) is 1. The topological polar surface area (TPSA) is 105 Å². The number of fused-ring (bicyclic) bond motifs is 1. The smallest absolute Gasteiger partial charge is 0.257 e. The Morgan fingerprint density at radius 3 is 2.62 bits per heavy atom. The maximum absolute atomic E-state index is 13.0. The highest BCUT2D eigenvalue weighted by atomic mass is 16.1. The summed E-state index contributed by atoms with van der Waals surface area (Å²) in [5.74, 6) is 0.965. The summed E-state index contributed by atoms with van der Waals surface area (Å²) >= 11 is 0. The fourth-order valence-corrected chi connectivity index (χ4v) is 4.28. The molecule has 10 heteroatoms. The Morgan fingerprint density at radius 2 is 1.88 bits per heavy atom. The number of benzene rings is 1. The van der Waals surface area contributed by atoms with Crippen molar-refractivity contribution in [1.82, 2.24) is 35.1 Å². The summed E-state index contributed by atoms with van der Waals surface area (Å²) in [5.41, 5.74) is 2.96. The normalized spacial score (nSPS) is 14.6. The molecule has 0 atom stereocenters. The van der Waals surface area contributed by atoms with Crippen LogP contribution in [0.15, 0.2) is 48.8 Å². The average Bonchev–Trinajstić information content (AvgIpc) is 3.30. The number of nitrogens with zero attached hydrogens (tertiary/aromatic N) is 8. The zero-order valence-electron chi connectivity index (χ0n) is 19.5. The number of carbonyl (C=O) groups excluding carboxylic acids is 1. The van der Waals surface area contributed by atoms with Crippen LogP contribution < -0.4 is 10.2 Å². The van der Waals surface area contributed by atoms with Crippen LogP contribution in [0.3, 0.4) is 0 Å². The van der Waals surface area contributed by atoms with E-state index in [1.54, 1.807) is 16.9 Å². The third-order valence-corrected chi connectivity index (χ3v) is 6.25. The van der Waals surface area contributed by atoms with Gasteiger partial charge in [-0.2, -0.15) is 0 Å². The number of hydrogen-bond acceptors (Lipinski definition) is 8. The number of aromatic nitrogens is 6. The van der Waals surface area contributed by atoms with Crippen LogP contribution >= 0.6 is 0 Å². The predicted octanol–water partition coefficient (Wildman–Crippen LogP) is 2.60. The zero-order valence-corrected chi connectivity index (χ0v) is 19.5. The minimum atomic E-state index is -0.245. The van der Waals surface area contributed by atoms with Crippen LogP contribution in [0.25, 0.3) is 22.2 Å². The van der Waals surface area contributed by atoms with Gasteiger partial charge in [0.25, 0.3) is 5.91 Å². The fourth-order valence-electron chi connectivity index (χ4n) is 4.28. The van der Waals surface area contributed by atoms with Gasteiger partial charge in [-0.3, -0.25) is 9.48 Å². The molecule has 10 nitrogen and oxygen atoms in total. The lowest BCUT2D eigenvalue weighted by atomic mass is 10.0. The summed E-state index contributed by atoms with van der Waals surface area (Å²) in [5, 5.41) is 20.3. The summed E-state index contributed by atoms with van der Waals surface area (Å²) in [4.78, 5) is 22.0. The Balaban J connectivity index is 1.32. The van der Waals surface area contributed by atoms with Gasteiger partial charge in [-0.15, -0.1) is 15.3 Å². The predicted molar refractivity (Wildman–Crippen MR) is 131 cm³/mol. The van der Waals surface area contributed by atoms with Crippen molar-refractivity contribution in [2.24, 2.45) is 7.05 Å². The van der Waals surface area contributed by atoms with Gasteiger partial charge in [-0.25, -0.2) is 4.98 Å². The van der Waals surface area contributed by atoms with E-state index in [2.05, 4.69) is 54.7 Å². The lowest BCUT2D eigenvalue weighted by Crippen LogP contribution is -2.42. The molecule has 1 fully saturated rings. The summed E-state index contributed by atoms with van der Waals surface area (Å²) in [6.07, 6.45) is 5.69. The molecule has 4 heterocycles. The molecule has 0 radical (unpaired) electrons. The third-order valence-electron chi connectivity index (χ3n) is 6.25. The number of amides is 1. The van der Waals surface area contributed by atoms with Crippen LogP contribution in [0.4, 0.5) is 11.6 Å². The van der Waals surface area contributed by atoms with Gasteiger partial charge < -0.3 is 15.1 Å². The van der Waals surface area contributed by atoms with Gasteiger partial charge in [0.1, 0.15) is 11.5 Å². The molecular weight excluding hydrogens is 430 g/mol. The zero-order chi connectivity index (χ0) is 23.7. The van der Waals surface area contributed by atoms with E-state index in [1.165, 1.54) is 0 Å². The van der Waals surface area contributed by atoms with Crippen molar-refractivity contribution in [1.29, 1.82) is 0 Å². The van der Waals surface area contributed by atoms with Gasteiger partial charge in [-0.1, -0.05) is 11.3 Å². The molecule has 0 spiro atoms. The second-order valence-electron chi connectivity index (χ2n) is 8.82. The molecule has 0 bridgehead atoms. The first-order valence-corrected chi connectivity index (χ1v) is 11.3. The molecule has 0 aliphatic carbocycles. The molecule has 1 aliphatic heterocycles. The number of carbonyl (C=O) groups is 1. The molecule has 0 saturated carbocycles. The summed E-state index contributed by atoms with van der Waals surface area (Å²) in [6.45, 7) is 1.84. The van der Waals surface area contributed by atoms with Crippen LogP contribution in [0, 0.1) is 0 Å². The molecule has 174 valence electrons. The number of aryl methyl sites for hydroxylation is 1. The maximum atomic E-state index is 13.0. The van der Waals surface area contributed by atoms with E-state index >= 15 is 0 Å². The molecule has 4 aromatic rings. The number of rotatable bonds is 5. The van der Waals surface area contributed by atoms with Gasteiger partial charge in [-0.05, 0) is 57.3 Å². The van der Waals surface area contributed by atoms with Crippen LogP contribution in [-0.4, -0.2) is 74.2 Å². The number of pyridine rings is 1. The van der Waals surface area contributed by atoms with E-state index in [-0.39, 0.29) is 5.91 Å². The van der Waals surface area contributed by atoms with Crippen molar-refractivity contribution in [3.05, 3.63) is 54.4 Å². The largest absolute Gasteiger partial charge is 0.356 e. The molecule has 1 N–H and O–H groups in total. The van der Waals surface area contributed by atoms with Crippen LogP contribution in [-0.2, 0) is 7.05 Å². The lowest BCUT2D eigenvalue weighted by molar-refractivity contribution is 0.102. The molecule has 5 rings (SSSR count). The summed E-state index contributed by atoms with van der Waals surface area (Å²) in [7, 11) is 6.07. The highest BCUT2D eigenvalue weighted by Gasteiger charge is 2.22. The van der Waals surface area contributed by atoms with Gasteiger partial charge in [0.15, 0.2) is 5.82 Å². The molecule has 1 aromatic carbocycles. The van der Waals surface area contributed by atoms with Gasteiger partial charge in [0.2, 0.25) is 0 Å². The van der Waals surface area contributed by atoms with E-state index in [9.17, 15) is 4.79 Å². The second kappa shape index (κ2) is 9.14. The van der Waals surface area contributed by atoms with Crippen molar-refractivity contribution in [3.8, 4) is 11.3 Å². The van der Waals surface area contributed by atoms with Crippen molar-refractivity contribution in [3.63, 3.8) is 0 Å². The first-order chi connectivity index (χ1) is 16.5. The van der Waals surface area contributed by atoms with E-state index in [1.807, 2.05) is 43.6 Å². The Hall–Kier alpha value is -3.92. The molecule has 0 unspecified atom stereocenters. The average molecular weight is 458 g/mol. The SMILES string of the molecule is CN(C)C1CCN(c2cc(C(=O)Nc3cc4cc(-c5cn(C)nn5)ccc4nn3)ccn2)CC1. The molecule has 1 saturated heterocycles. The molecule has 1 aliphatic rings. The number of anilines is 2. The van der Waals surface area contributed by atoms with E-state index in [0.29, 0.717) is 17.4 Å². The molecule has 34 heavy (non-hydrogen) atoms. The Labute approximate surface area is 197 Å². The van der Waals surface area contributed by atoms with Crippen LogP contribution in [0.1, 0.15) is 23.2 Å². The Bertz CT molecular complexity index is 1330. The van der Waals surface area contributed by atoms with Crippen molar-refractivity contribution < 1.29 is 4.79 Å². The summed E-state index contributed by atoms with van der Waals surface area (Å²) in [6, 6.07) is 11.7. The Morgan fingerprint density at radius 1 is 1.06 bits per heavy atom. The quantitative estimate of drug-likeness (QED) is 0.488. The first-order valence-electron chi connectivity index (χ1n) is 11.3. The minimum Gasteiger partial charge on any atom is -0.356 e. The molecule has 3 aromatic heterocycles. The summed E-state index contributed by atoms with van der Waals surface area (Å²) < 4.78 is 1.66. The second-order valence-corrected chi connectivity index (χ2v) is 8.82. The van der Waals surface area contributed by atoms with Crippen molar-refractivity contribution in [2.45, 2.75) is 18.9 Å². The number of nitrogens with one attached hydrogen (secondary N) is 1. The van der Waals surface area contributed by atoms with Gasteiger partial charge >= 0.3 is 0 Å². The third kappa shape index (κ3) is 4.58. The molecular formula is C24H27N9O. The first kappa shape index (κ1) is 21.9. The van der Waals surface area contributed by atoms with E-state index in [0.717, 1.165) is 53.9 Å². The fraction of sp³-hybridized carbons (Fsp3) is 0.333.